The van der Waals surface area contributed by atoms with E-state index in [-0.39, 0.29) is 0 Å². The zero-order valence-corrected chi connectivity index (χ0v) is 16.1. The summed E-state index contributed by atoms with van der Waals surface area (Å²) >= 11 is 1.85. The van der Waals surface area contributed by atoms with Crippen molar-refractivity contribution in [3.63, 3.8) is 0 Å². The van der Waals surface area contributed by atoms with Gasteiger partial charge in [-0.3, -0.25) is 9.89 Å². The molecule has 2 aliphatic heterocycles. The molecule has 1 aromatic heterocycles. The van der Waals surface area contributed by atoms with Crippen molar-refractivity contribution < 1.29 is 4.74 Å². The van der Waals surface area contributed by atoms with Crippen LogP contribution in [-0.4, -0.2) is 68.7 Å². The zero-order chi connectivity index (χ0) is 17.1. The van der Waals surface area contributed by atoms with E-state index in [1.807, 2.05) is 18.4 Å². The van der Waals surface area contributed by atoms with E-state index in [1.54, 1.807) is 0 Å². The maximum atomic E-state index is 5.55. The molecule has 1 aliphatic carbocycles. The Hall–Kier alpha value is -1.11. The van der Waals surface area contributed by atoms with Crippen molar-refractivity contribution in [1.29, 1.82) is 0 Å². The van der Waals surface area contributed by atoms with Gasteiger partial charge in [0, 0.05) is 44.6 Å². The van der Waals surface area contributed by atoms with Crippen LogP contribution in [0.3, 0.4) is 0 Å². The molecule has 0 radical (unpaired) electrons. The van der Waals surface area contributed by atoms with Gasteiger partial charge < -0.3 is 15.0 Å². The van der Waals surface area contributed by atoms with Gasteiger partial charge in [0.1, 0.15) is 0 Å². The summed E-state index contributed by atoms with van der Waals surface area (Å²) in [6, 6.07) is 4.82. The van der Waals surface area contributed by atoms with Gasteiger partial charge in [-0.2, -0.15) is 0 Å². The number of nitrogens with one attached hydrogen (secondary N) is 1. The molecule has 0 bridgehead atoms. The fraction of sp³-hybridized carbons (Fsp3) is 0.737. The SMILES string of the molecule is CN=C(NCC(c1cccs1)N1CCOCC1)N1CCC2(CCC2)C1. The number of hydrogen-bond acceptors (Lipinski definition) is 4. The smallest absolute Gasteiger partial charge is 0.193 e. The summed E-state index contributed by atoms with van der Waals surface area (Å²) in [6.45, 7) is 6.95. The first kappa shape index (κ1) is 17.3. The van der Waals surface area contributed by atoms with Crippen LogP contribution in [0.1, 0.15) is 36.6 Å². The summed E-state index contributed by atoms with van der Waals surface area (Å²) in [5, 5.41) is 5.86. The molecule has 138 valence electrons. The molecule has 0 amide bonds. The predicted octanol–water partition coefficient (Wildman–Crippen LogP) is 2.57. The molecule has 1 aromatic rings. The van der Waals surface area contributed by atoms with E-state index in [0.717, 1.165) is 45.4 Å². The van der Waals surface area contributed by atoms with Crippen LogP contribution in [0.25, 0.3) is 0 Å². The maximum absolute atomic E-state index is 5.55. The number of aliphatic imine (C=N–C) groups is 1. The van der Waals surface area contributed by atoms with Crippen molar-refractivity contribution in [1.82, 2.24) is 15.1 Å². The number of guanidine groups is 1. The van der Waals surface area contributed by atoms with Gasteiger partial charge in [-0.15, -0.1) is 11.3 Å². The van der Waals surface area contributed by atoms with Gasteiger partial charge in [0.05, 0.1) is 19.3 Å². The van der Waals surface area contributed by atoms with Crippen LogP contribution >= 0.6 is 11.3 Å². The minimum Gasteiger partial charge on any atom is -0.379 e. The molecule has 1 unspecified atom stereocenters. The molecule has 2 saturated heterocycles. The van der Waals surface area contributed by atoms with E-state index >= 15 is 0 Å². The highest BCUT2D eigenvalue weighted by Gasteiger charge is 2.43. The quantitative estimate of drug-likeness (QED) is 0.660. The Morgan fingerprint density at radius 3 is 2.76 bits per heavy atom. The third kappa shape index (κ3) is 3.71. The first-order valence-electron chi connectivity index (χ1n) is 9.60. The Balaban J connectivity index is 1.39. The summed E-state index contributed by atoms with van der Waals surface area (Å²) in [5.41, 5.74) is 0.606. The van der Waals surface area contributed by atoms with E-state index in [2.05, 4.69) is 37.6 Å². The van der Waals surface area contributed by atoms with E-state index in [1.165, 1.54) is 37.1 Å². The fourth-order valence-corrected chi connectivity index (χ4v) is 5.36. The minimum absolute atomic E-state index is 0.404. The number of nitrogens with zero attached hydrogens (tertiary/aromatic N) is 3. The van der Waals surface area contributed by atoms with Gasteiger partial charge in [0.15, 0.2) is 5.96 Å². The number of hydrogen-bond donors (Lipinski definition) is 1. The highest BCUT2D eigenvalue weighted by Crippen LogP contribution is 2.47. The van der Waals surface area contributed by atoms with Gasteiger partial charge >= 0.3 is 0 Å². The molecule has 6 heteroatoms. The van der Waals surface area contributed by atoms with E-state index in [9.17, 15) is 0 Å². The molecular formula is C19H30N4OS. The number of thiophene rings is 1. The lowest BCUT2D eigenvalue weighted by Crippen LogP contribution is -2.47. The van der Waals surface area contributed by atoms with Crippen molar-refractivity contribution in [2.45, 2.75) is 31.7 Å². The Morgan fingerprint density at radius 2 is 2.16 bits per heavy atom. The summed E-state index contributed by atoms with van der Waals surface area (Å²) in [6.07, 6.45) is 5.57. The standard InChI is InChI=1S/C19H30N4OS/c1-20-18(23-8-7-19(15-23)5-3-6-19)21-14-16(17-4-2-13-25-17)22-9-11-24-12-10-22/h2,4,13,16H,3,5-12,14-15H2,1H3,(H,20,21). The van der Waals surface area contributed by atoms with Gasteiger partial charge in [-0.05, 0) is 36.1 Å². The molecule has 0 aromatic carbocycles. The van der Waals surface area contributed by atoms with E-state index in [0.29, 0.717) is 11.5 Å². The molecule has 1 spiro atoms. The average Bonchev–Trinajstić information content (AvgIpc) is 3.29. The van der Waals surface area contributed by atoms with Crippen molar-refractivity contribution in [3.8, 4) is 0 Å². The van der Waals surface area contributed by atoms with Crippen molar-refractivity contribution in [2.75, 3.05) is 53.0 Å². The molecule has 25 heavy (non-hydrogen) atoms. The van der Waals surface area contributed by atoms with Crippen LogP contribution in [0.4, 0.5) is 0 Å². The number of ether oxygens (including phenoxy) is 1. The topological polar surface area (TPSA) is 40.1 Å². The summed E-state index contributed by atoms with van der Waals surface area (Å²) < 4.78 is 5.55. The number of likely N-dealkylation sites (tertiary alicyclic amines) is 1. The summed E-state index contributed by atoms with van der Waals surface area (Å²) in [7, 11) is 1.92. The van der Waals surface area contributed by atoms with Crippen LogP contribution in [0.5, 0.6) is 0 Å². The second kappa shape index (κ2) is 7.64. The monoisotopic (exact) mass is 362 g/mol. The molecule has 5 nitrogen and oxygen atoms in total. The Labute approximate surface area is 155 Å². The zero-order valence-electron chi connectivity index (χ0n) is 15.2. The highest BCUT2D eigenvalue weighted by atomic mass is 32.1. The molecule has 1 atom stereocenters. The third-order valence-electron chi connectivity index (χ3n) is 6.18. The van der Waals surface area contributed by atoms with Gasteiger partial charge in [-0.1, -0.05) is 12.5 Å². The molecule has 3 fully saturated rings. The Kier molecular flexibility index (Phi) is 5.29. The lowest BCUT2D eigenvalue weighted by Gasteiger charge is -2.38. The summed E-state index contributed by atoms with van der Waals surface area (Å²) in [5.74, 6) is 1.08. The second-order valence-electron chi connectivity index (χ2n) is 7.63. The summed E-state index contributed by atoms with van der Waals surface area (Å²) in [4.78, 5) is 11.0. The number of rotatable bonds is 4. The van der Waals surface area contributed by atoms with E-state index in [4.69, 9.17) is 4.74 Å². The lowest BCUT2D eigenvalue weighted by atomic mass is 9.68. The Bertz CT molecular complexity index is 578. The van der Waals surface area contributed by atoms with Crippen LogP contribution in [0.2, 0.25) is 0 Å². The van der Waals surface area contributed by atoms with Crippen LogP contribution < -0.4 is 5.32 Å². The Morgan fingerprint density at radius 1 is 1.32 bits per heavy atom. The van der Waals surface area contributed by atoms with Gasteiger partial charge in [0.25, 0.3) is 0 Å². The van der Waals surface area contributed by atoms with Gasteiger partial charge in [0.2, 0.25) is 0 Å². The first-order valence-corrected chi connectivity index (χ1v) is 10.5. The third-order valence-corrected chi connectivity index (χ3v) is 7.15. The molecule has 1 saturated carbocycles. The van der Waals surface area contributed by atoms with Gasteiger partial charge in [-0.25, -0.2) is 0 Å². The lowest BCUT2D eigenvalue weighted by molar-refractivity contribution is 0.0176. The van der Waals surface area contributed by atoms with Crippen molar-refractivity contribution in [2.24, 2.45) is 10.4 Å². The normalized spacial score (nSPS) is 25.2. The van der Waals surface area contributed by atoms with Crippen LogP contribution in [0, 0.1) is 5.41 Å². The largest absolute Gasteiger partial charge is 0.379 e. The average molecular weight is 363 g/mol. The highest BCUT2D eigenvalue weighted by molar-refractivity contribution is 7.10. The maximum Gasteiger partial charge on any atom is 0.193 e. The van der Waals surface area contributed by atoms with Crippen molar-refractivity contribution in [3.05, 3.63) is 22.4 Å². The molecule has 3 aliphatic rings. The van der Waals surface area contributed by atoms with E-state index < -0.39 is 0 Å². The van der Waals surface area contributed by atoms with Crippen LogP contribution in [0.15, 0.2) is 22.5 Å². The predicted molar refractivity (Wildman–Crippen MR) is 103 cm³/mol. The second-order valence-corrected chi connectivity index (χ2v) is 8.61. The first-order chi connectivity index (χ1) is 12.3. The fourth-order valence-electron chi connectivity index (χ4n) is 4.50. The molecule has 4 rings (SSSR count). The minimum atomic E-state index is 0.404. The molecular weight excluding hydrogens is 332 g/mol. The molecule has 1 N–H and O–H groups in total. The number of morpholine rings is 1. The van der Waals surface area contributed by atoms with Crippen molar-refractivity contribution >= 4 is 17.3 Å². The van der Waals surface area contributed by atoms with Crippen LogP contribution in [-0.2, 0) is 4.74 Å². The molecule has 3 heterocycles.